The minimum atomic E-state index is -0.595. The number of hydrogen-bond acceptors (Lipinski definition) is 10. The van der Waals surface area contributed by atoms with Crippen molar-refractivity contribution in [1.82, 2.24) is 25.5 Å². The number of halogens is 1. The molecule has 0 atom stereocenters. The van der Waals surface area contributed by atoms with Crippen molar-refractivity contribution in [3.63, 3.8) is 0 Å². The van der Waals surface area contributed by atoms with Gasteiger partial charge in [0.2, 0.25) is 0 Å². The second kappa shape index (κ2) is 11.0. The molecule has 1 spiro atoms. The molecule has 0 saturated carbocycles. The summed E-state index contributed by atoms with van der Waals surface area (Å²) in [4.78, 5) is 39.7. The van der Waals surface area contributed by atoms with E-state index in [2.05, 4.69) is 25.6 Å². The van der Waals surface area contributed by atoms with Crippen LogP contribution in [0.1, 0.15) is 40.1 Å². The Morgan fingerprint density at radius 3 is 2.72 bits per heavy atom. The SMILES string of the molecule is COCCCOc1cccc(C(=O)N2CCC3(CC2)CN=C(NC(=O)c2nc(Cl)c(N)nc2N)N3)c1. The Balaban J connectivity index is 1.30. The van der Waals surface area contributed by atoms with Crippen LogP contribution in [0.2, 0.25) is 5.15 Å². The summed E-state index contributed by atoms with van der Waals surface area (Å²) in [5, 5.41) is 5.85. The zero-order chi connectivity index (χ0) is 25.7. The number of rotatable bonds is 7. The molecule has 36 heavy (non-hydrogen) atoms. The van der Waals surface area contributed by atoms with Gasteiger partial charge in [0.1, 0.15) is 5.75 Å². The van der Waals surface area contributed by atoms with Gasteiger partial charge in [-0.1, -0.05) is 17.7 Å². The minimum Gasteiger partial charge on any atom is -0.493 e. The standard InChI is InChI=1S/C23H29ClN8O4/c1-35-10-3-11-36-15-5-2-4-14(12-15)21(34)32-8-6-23(7-9-32)13-27-22(31-23)30-20(33)16-18(25)29-19(26)17(24)28-16/h2,4-5,12H,3,6-11,13H2,1H3,(H4,25,26,29)(H2,27,30,31,33). The number of ether oxygens (including phenoxy) is 2. The van der Waals surface area contributed by atoms with E-state index in [1.165, 1.54) is 0 Å². The molecule has 12 nitrogen and oxygen atoms in total. The summed E-state index contributed by atoms with van der Waals surface area (Å²) in [6.07, 6.45) is 2.11. The number of nitrogens with zero attached hydrogens (tertiary/aromatic N) is 4. The van der Waals surface area contributed by atoms with Gasteiger partial charge in [0.15, 0.2) is 28.4 Å². The molecule has 0 radical (unpaired) electrons. The molecule has 0 aliphatic carbocycles. The zero-order valence-corrected chi connectivity index (χ0v) is 20.7. The molecule has 0 unspecified atom stereocenters. The monoisotopic (exact) mass is 516 g/mol. The van der Waals surface area contributed by atoms with E-state index in [0.29, 0.717) is 63.0 Å². The fourth-order valence-corrected chi connectivity index (χ4v) is 4.25. The van der Waals surface area contributed by atoms with Crippen LogP contribution in [0.25, 0.3) is 0 Å². The van der Waals surface area contributed by atoms with Crippen molar-refractivity contribution in [3.05, 3.63) is 40.7 Å². The van der Waals surface area contributed by atoms with Gasteiger partial charge in [0.25, 0.3) is 11.8 Å². The molecular formula is C23H29ClN8O4. The summed E-state index contributed by atoms with van der Waals surface area (Å²) < 4.78 is 10.7. The van der Waals surface area contributed by atoms with E-state index < -0.39 is 5.91 Å². The number of anilines is 2. The van der Waals surface area contributed by atoms with Gasteiger partial charge in [0, 0.05) is 38.8 Å². The Morgan fingerprint density at radius 2 is 1.97 bits per heavy atom. The van der Waals surface area contributed by atoms with Crippen molar-refractivity contribution >= 4 is 41.0 Å². The van der Waals surface area contributed by atoms with Crippen LogP contribution in [0.4, 0.5) is 11.6 Å². The molecule has 1 saturated heterocycles. The number of aromatic nitrogens is 2. The molecule has 1 aromatic carbocycles. The minimum absolute atomic E-state index is 0.0473. The number of hydrogen-bond donors (Lipinski definition) is 4. The van der Waals surface area contributed by atoms with E-state index in [0.717, 1.165) is 6.42 Å². The molecule has 13 heteroatoms. The topological polar surface area (TPSA) is 170 Å². The number of guanidine groups is 1. The molecule has 2 aliphatic heterocycles. The maximum Gasteiger partial charge on any atom is 0.280 e. The lowest BCUT2D eigenvalue weighted by Crippen LogP contribution is -2.57. The third kappa shape index (κ3) is 5.77. The first kappa shape index (κ1) is 25.5. The molecule has 2 amide bonds. The summed E-state index contributed by atoms with van der Waals surface area (Å²) in [7, 11) is 1.65. The van der Waals surface area contributed by atoms with Gasteiger partial charge in [-0.05, 0) is 31.0 Å². The highest BCUT2D eigenvalue weighted by atomic mass is 35.5. The largest absolute Gasteiger partial charge is 0.493 e. The number of likely N-dealkylation sites (tertiary alicyclic amines) is 1. The molecule has 0 bridgehead atoms. The lowest BCUT2D eigenvalue weighted by Gasteiger charge is -2.39. The van der Waals surface area contributed by atoms with Crippen LogP contribution in [-0.2, 0) is 4.74 Å². The van der Waals surface area contributed by atoms with Gasteiger partial charge < -0.3 is 31.2 Å². The van der Waals surface area contributed by atoms with Crippen molar-refractivity contribution in [2.75, 3.05) is 51.4 Å². The third-order valence-corrected chi connectivity index (χ3v) is 6.40. The summed E-state index contributed by atoms with van der Waals surface area (Å²) in [6.45, 7) is 2.71. The van der Waals surface area contributed by atoms with Crippen LogP contribution in [0.3, 0.4) is 0 Å². The van der Waals surface area contributed by atoms with Crippen LogP contribution in [0, 0.1) is 0 Å². The maximum absolute atomic E-state index is 13.1. The van der Waals surface area contributed by atoms with Gasteiger partial charge in [-0.15, -0.1) is 0 Å². The maximum atomic E-state index is 13.1. The number of nitrogens with two attached hydrogens (primary N) is 2. The van der Waals surface area contributed by atoms with Crippen LogP contribution in [0.15, 0.2) is 29.3 Å². The van der Waals surface area contributed by atoms with Crippen molar-refractivity contribution in [1.29, 1.82) is 0 Å². The number of amides is 2. The van der Waals surface area contributed by atoms with Gasteiger partial charge in [-0.2, -0.15) is 0 Å². The van der Waals surface area contributed by atoms with E-state index in [-0.39, 0.29) is 33.9 Å². The van der Waals surface area contributed by atoms with Crippen molar-refractivity contribution in [3.8, 4) is 5.75 Å². The quantitative estimate of drug-likeness (QED) is 0.393. The van der Waals surface area contributed by atoms with Crippen LogP contribution in [0.5, 0.6) is 5.75 Å². The average molecular weight is 517 g/mol. The van der Waals surface area contributed by atoms with Crippen molar-refractivity contribution in [2.24, 2.45) is 4.99 Å². The Kier molecular flexibility index (Phi) is 7.75. The third-order valence-electron chi connectivity index (χ3n) is 6.13. The van der Waals surface area contributed by atoms with E-state index in [1.54, 1.807) is 19.2 Å². The van der Waals surface area contributed by atoms with Gasteiger partial charge >= 0.3 is 0 Å². The normalized spacial score (nSPS) is 16.4. The Labute approximate surface area is 213 Å². The molecule has 3 heterocycles. The molecule has 4 rings (SSSR count). The Morgan fingerprint density at radius 1 is 1.19 bits per heavy atom. The van der Waals surface area contributed by atoms with E-state index in [9.17, 15) is 9.59 Å². The second-order valence-electron chi connectivity index (χ2n) is 8.67. The summed E-state index contributed by atoms with van der Waals surface area (Å²) in [5.74, 6) is 0.148. The van der Waals surface area contributed by atoms with Gasteiger partial charge in [-0.25, -0.2) is 9.97 Å². The van der Waals surface area contributed by atoms with E-state index >= 15 is 0 Å². The fourth-order valence-electron chi connectivity index (χ4n) is 4.12. The number of carbonyl (C=O) groups is 2. The van der Waals surface area contributed by atoms with Gasteiger partial charge in [-0.3, -0.25) is 19.9 Å². The highest BCUT2D eigenvalue weighted by molar-refractivity contribution is 6.31. The Bertz CT molecular complexity index is 1170. The Hall–Kier alpha value is -3.64. The first-order valence-electron chi connectivity index (χ1n) is 11.5. The number of carbonyl (C=O) groups excluding carboxylic acids is 2. The smallest absolute Gasteiger partial charge is 0.280 e. The predicted octanol–water partition coefficient (Wildman–Crippen LogP) is 1.07. The number of nitrogens with one attached hydrogen (secondary N) is 2. The van der Waals surface area contributed by atoms with Crippen molar-refractivity contribution in [2.45, 2.75) is 24.8 Å². The predicted molar refractivity (Wildman–Crippen MR) is 135 cm³/mol. The summed E-state index contributed by atoms with van der Waals surface area (Å²) in [5.41, 5.74) is 11.4. The van der Waals surface area contributed by atoms with Gasteiger partial charge in [0.05, 0.1) is 18.7 Å². The van der Waals surface area contributed by atoms with E-state index in [1.807, 2.05) is 17.0 Å². The molecule has 192 valence electrons. The summed E-state index contributed by atoms with van der Waals surface area (Å²) in [6, 6.07) is 7.21. The molecule has 2 aliphatic rings. The number of piperidine rings is 1. The molecular weight excluding hydrogens is 488 g/mol. The van der Waals surface area contributed by atoms with E-state index in [4.69, 9.17) is 32.5 Å². The number of methoxy groups -OCH3 is 1. The molecule has 1 aromatic heterocycles. The highest BCUT2D eigenvalue weighted by Crippen LogP contribution is 2.27. The molecule has 6 N–H and O–H groups in total. The van der Waals surface area contributed by atoms with Crippen LogP contribution >= 0.6 is 11.6 Å². The lowest BCUT2D eigenvalue weighted by atomic mass is 9.88. The molecule has 2 aromatic rings. The number of benzene rings is 1. The average Bonchev–Trinajstić information content (AvgIpc) is 3.25. The van der Waals surface area contributed by atoms with Crippen LogP contribution < -0.4 is 26.8 Å². The second-order valence-corrected chi connectivity index (χ2v) is 9.03. The highest BCUT2D eigenvalue weighted by Gasteiger charge is 2.40. The lowest BCUT2D eigenvalue weighted by molar-refractivity contribution is 0.0668. The molecule has 1 fully saturated rings. The number of nitrogen functional groups attached to an aromatic ring is 2. The summed E-state index contributed by atoms with van der Waals surface area (Å²) >= 11 is 5.87. The van der Waals surface area contributed by atoms with Crippen LogP contribution in [-0.4, -0.2) is 78.1 Å². The fraction of sp³-hybridized carbons (Fsp3) is 0.435. The number of aliphatic imine (C=N–C) groups is 1. The first-order chi connectivity index (χ1) is 17.3. The zero-order valence-electron chi connectivity index (χ0n) is 19.9. The first-order valence-corrected chi connectivity index (χ1v) is 11.9. The van der Waals surface area contributed by atoms with Crippen molar-refractivity contribution < 1.29 is 19.1 Å².